The summed E-state index contributed by atoms with van der Waals surface area (Å²) in [6.45, 7) is 0. The van der Waals surface area contributed by atoms with Gasteiger partial charge in [0.25, 0.3) is 5.56 Å². The monoisotopic (exact) mass is 455 g/mol. The van der Waals surface area contributed by atoms with Gasteiger partial charge in [-0.15, -0.1) is 0 Å². The van der Waals surface area contributed by atoms with E-state index in [1.807, 2.05) is 66.9 Å². The molecule has 0 bridgehead atoms. The van der Waals surface area contributed by atoms with Crippen molar-refractivity contribution in [1.29, 1.82) is 5.26 Å². The Hall–Kier alpha value is -5.22. The molecule has 0 fully saturated rings. The van der Waals surface area contributed by atoms with E-state index >= 15 is 0 Å². The largest absolute Gasteiger partial charge is 0.454 e. The van der Waals surface area contributed by atoms with Crippen LogP contribution in [0.4, 0.5) is 0 Å². The lowest BCUT2D eigenvalue weighted by Gasteiger charge is -2.02. The van der Waals surface area contributed by atoms with Crippen LogP contribution in [-0.2, 0) is 0 Å². The standard InChI is InChI=1S/C28H17N5O2/c29-16-19(27-30-23-12-6-5-11-22(23)28(34)31-27)14-20-17-33(21-9-2-1-3-10-21)32-26(20)25-15-18-8-4-7-13-24(18)35-25/h1-15,17H,(H,30,31,34). The van der Waals surface area contributed by atoms with Crippen molar-refractivity contribution < 1.29 is 4.42 Å². The van der Waals surface area contributed by atoms with Gasteiger partial charge in [0.2, 0.25) is 0 Å². The van der Waals surface area contributed by atoms with Crippen LogP contribution in [0.2, 0.25) is 0 Å². The van der Waals surface area contributed by atoms with Gasteiger partial charge < -0.3 is 9.40 Å². The van der Waals surface area contributed by atoms with Crippen molar-refractivity contribution in [2.45, 2.75) is 0 Å². The Labute approximate surface area is 199 Å². The topological polar surface area (TPSA) is 100 Å². The van der Waals surface area contributed by atoms with E-state index in [0.29, 0.717) is 27.9 Å². The van der Waals surface area contributed by atoms with E-state index < -0.39 is 0 Å². The van der Waals surface area contributed by atoms with E-state index in [1.54, 1.807) is 35.0 Å². The summed E-state index contributed by atoms with van der Waals surface area (Å²) in [5.41, 5.74) is 3.25. The maximum absolute atomic E-state index is 12.6. The number of para-hydroxylation sites is 3. The van der Waals surface area contributed by atoms with Gasteiger partial charge in [-0.05, 0) is 42.5 Å². The van der Waals surface area contributed by atoms with Gasteiger partial charge in [-0.2, -0.15) is 10.4 Å². The highest BCUT2D eigenvalue weighted by Crippen LogP contribution is 2.31. The van der Waals surface area contributed by atoms with Crippen LogP contribution in [0.25, 0.3) is 50.7 Å². The van der Waals surface area contributed by atoms with Gasteiger partial charge in [0, 0.05) is 17.1 Å². The lowest BCUT2D eigenvalue weighted by Crippen LogP contribution is -2.11. The van der Waals surface area contributed by atoms with Crippen molar-refractivity contribution >= 4 is 33.5 Å². The molecule has 0 saturated carbocycles. The lowest BCUT2D eigenvalue weighted by atomic mass is 10.1. The van der Waals surface area contributed by atoms with Crippen LogP contribution in [0, 0.1) is 11.3 Å². The molecular formula is C28H17N5O2. The molecule has 0 radical (unpaired) electrons. The molecule has 6 aromatic rings. The van der Waals surface area contributed by atoms with E-state index in [-0.39, 0.29) is 17.0 Å². The third-order valence-electron chi connectivity index (χ3n) is 5.71. The fraction of sp³-hybridized carbons (Fsp3) is 0. The zero-order valence-electron chi connectivity index (χ0n) is 18.3. The predicted molar refractivity (Wildman–Crippen MR) is 135 cm³/mol. The number of hydrogen-bond acceptors (Lipinski definition) is 5. The van der Waals surface area contributed by atoms with Gasteiger partial charge in [0.1, 0.15) is 17.3 Å². The zero-order chi connectivity index (χ0) is 23.8. The molecule has 35 heavy (non-hydrogen) atoms. The van der Waals surface area contributed by atoms with Crippen molar-refractivity contribution in [1.82, 2.24) is 19.7 Å². The van der Waals surface area contributed by atoms with Crippen molar-refractivity contribution in [3.05, 3.63) is 113 Å². The summed E-state index contributed by atoms with van der Waals surface area (Å²) in [5, 5.41) is 16.2. The smallest absolute Gasteiger partial charge is 0.259 e. The maximum Gasteiger partial charge on any atom is 0.259 e. The van der Waals surface area contributed by atoms with Crippen molar-refractivity contribution in [3.63, 3.8) is 0 Å². The molecule has 166 valence electrons. The van der Waals surface area contributed by atoms with E-state index in [1.165, 1.54) is 0 Å². The summed E-state index contributed by atoms with van der Waals surface area (Å²) in [7, 11) is 0. The van der Waals surface area contributed by atoms with Gasteiger partial charge in [0.05, 0.1) is 22.2 Å². The van der Waals surface area contributed by atoms with E-state index in [0.717, 1.165) is 16.7 Å². The second kappa shape index (κ2) is 8.28. The summed E-state index contributed by atoms with van der Waals surface area (Å²) >= 11 is 0. The number of benzene rings is 3. The second-order valence-corrected chi connectivity index (χ2v) is 7.96. The predicted octanol–water partition coefficient (Wildman–Crippen LogP) is 5.59. The van der Waals surface area contributed by atoms with Crippen LogP contribution in [0.5, 0.6) is 0 Å². The van der Waals surface area contributed by atoms with Gasteiger partial charge in [0.15, 0.2) is 11.6 Å². The number of allylic oxidation sites excluding steroid dienone is 1. The van der Waals surface area contributed by atoms with Crippen molar-refractivity contribution in [2.75, 3.05) is 0 Å². The van der Waals surface area contributed by atoms with Gasteiger partial charge in [-0.3, -0.25) is 4.79 Å². The minimum Gasteiger partial charge on any atom is -0.454 e. The molecular weight excluding hydrogens is 438 g/mol. The summed E-state index contributed by atoms with van der Waals surface area (Å²) in [4.78, 5) is 19.8. The number of H-pyrrole nitrogens is 1. The molecule has 0 aliphatic heterocycles. The average Bonchev–Trinajstić information content (AvgIpc) is 3.52. The summed E-state index contributed by atoms with van der Waals surface area (Å²) in [5.74, 6) is 0.767. The Bertz CT molecular complexity index is 1800. The molecule has 3 aromatic heterocycles. The number of rotatable bonds is 4. The van der Waals surface area contributed by atoms with Crippen LogP contribution in [-0.4, -0.2) is 19.7 Å². The molecule has 1 N–H and O–H groups in total. The van der Waals surface area contributed by atoms with Crippen molar-refractivity contribution in [2.24, 2.45) is 0 Å². The lowest BCUT2D eigenvalue weighted by molar-refractivity contribution is 0.627. The van der Waals surface area contributed by atoms with Crippen LogP contribution in [0.3, 0.4) is 0 Å². The summed E-state index contributed by atoms with van der Waals surface area (Å²) < 4.78 is 7.82. The highest BCUT2D eigenvalue weighted by atomic mass is 16.3. The molecule has 0 aliphatic carbocycles. The minimum atomic E-state index is -0.302. The van der Waals surface area contributed by atoms with Crippen LogP contribution in [0.15, 0.2) is 100 Å². The Kier molecular flexibility index (Phi) is 4.83. The van der Waals surface area contributed by atoms with Crippen LogP contribution >= 0.6 is 0 Å². The number of aromatic amines is 1. The second-order valence-electron chi connectivity index (χ2n) is 7.96. The minimum absolute atomic E-state index is 0.194. The number of furan rings is 1. The third-order valence-corrected chi connectivity index (χ3v) is 5.71. The van der Waals surface area contributed by atoms with Crippen LogP contribution < -0.4 is 5.56 Å². The first-order chi connectivity index (χ1) is 17.2. The molecule has 0 atom stereocenters. The maximum atomic E-state index is 12.6. The fourth-order valence-corrected chi connectivity index (χ4v) is 4.02. The quantitative estimate of drug-likeness (QED) is 0.350. The molecule has 0 spiro atoms. The number of nitriles is 1. The number of nitrogens with one attached hydrogen (secondary N) is 1. The van der Waals surface area contributed by atoms with E-state index in [2.05, 4.69) is 16.0 Å². The molecule has 0 aliphatic rings. The normalized spacial score (nSPS) is 11.7. The highest BCUT2D eigenvalue weighted by Gasteiger charge is 2.17. The molecule has 7 nitrogen and oxygen atoms in total. The Morgan fingerprint density at radius 2 is 1.77 bits per heavy atom. The summed E-state index contributed by atoms with van der Waals surface area (Å²) in [6.07, 6.45) is 3.50. The van der Waals surface area contributed by atoms with Gasteiger partial charge in [-0.25, -0.2) is 9.67 Å². The third kappa shape index (κ3) is 3.69. The van der Waals surface area contributed by atoms with E-state index in [9.17, 15) is 10.1 Å². The molecule has 7 heteroatoms. The Morgan fingerprint density at radius 1 is 1.00 bits per heavy atom. The molecule has 3 aromatic carbocycles. The zero-order valence-corrected chi connectivity index (χ0v) is 18.3. The Balaban J connectivity index is 1.54. The first kappa shape index (κ1) is 20.4. The number of aromatic nitrogens is 4. The molecule has 6 rings (SSSR count). The number of hydrogen-bond donors (Lipinski definition) is 1. The Morgan fingerprint density at radius 3 is 2.60 bits per heavy atom. The average molecular weight is 455 g/mol. The first-order valence-electron chi connectivity index (χ1n) is 10.9. The van der Waals surface area contributed by atoms with Gasteiger partial charge >= 0.3 is 0 Å². The number of fused-ring (bicyclic) bond motifs is 2. The molecule has 0 saturated heterocycles. The number of nitrogens with zero attached hydrogens (tertiary/aromatic N) is 4. The summed E-state index contributed by atoms with van der Waals surface area (Å²) in [6, 6.07) is 28.5. The van der Waals surface area contributed by atoms with Crippen LogP contribution in [0.1, 0.15) is 11.4 Å². The fourth-order valence-electron chi connectivity index (χ4n) is 4.02. The first-order valence-corrected chi connectivity index (χ1v) is 10.9. The highest BCUT2D eigenvalue weighted by molar-refractivity contribution is 5.92. The van der Waals surface area contributed by atoms with Crippen molar-refractivity contribution in [3.8, 4) is 23.2 Å². The van der Waals surface area contributed by atoms with E-state index in [4.69, 9.17) is 9.52 Å². The molecule has 0 unspecified atom stereocenters. The SMILES string of the molecule is N#CC(=Cc1cn(-c2ccccc2)nc1-c1cc2ccccc2o1)c1nc2ccccc2c(=O)[nH]1. The molecule has 0 amide bonds. The molecule has 3 heterocycles. The van der Waals surface area contributed by atoms with Gasteiger partial charge in [-0.1, -0.05) is 48.5 Å².